The van der Waals surface area contributed by atoms with Crippen LogP contribution in [0.25, 0.3) is 0 Å². The Morgan fingerprint density at radius 3 is 0.798 bits per heavy atom. The number of hydrogen-bond acceptors (Lipinski definition) is 9. The van der Waals surface area contributed by atoms with Crippen LogP contribution in [-0.2, 0) is 14.2 Å². The lowest BCUT2D eigenvalue weighted by molar-refractivity contribution is -0.102. The third kappa shape index (κ3) is 57.7. The maximum atomic E-state index is 8.28. The summed E-state index contributed by atoms with van der Waals surface area (Å²) < 4.78 is 165. The summed E-state index contributed by atoms with van der Waals surface area (Å²) in [5.41, 5.74) is 5.87. The second kappa shape index (κ2) is 45.6. The van der Waals surface area contributed by atoms with Crippen molar-refractivity contribution in [1.82, 2.24) is 0 Å². The Kier molecular flexibility index (Phi) is 33.9. The summed E-state index contributed by atoms with van der Waals surface area (Å²) in [6, 6.07) is 29.7. The number of methoxy groups -OCH3 is 1. The molecule has 0 aliphatic carbocycles. The topological polar surface area (TPSA) is 83.1 Å². The molecule has 0 heterocycles. The molecule has 0 N–H and O–H groups in total. The van der Waals surface area contributed by atoms with Gasteiger partial charge in [-0.25, -0.2) is 0 Å². The van der Waals surface area contributed by atoms with E-state index in [-0.39, 0.29) is 69.1 Å². The molecule has 0 radical (unpaired) electrons. The molecule has 0 bridgehead atoms. The molecule has 109 heavy (non-hydrogen) atoms. The Labute approximate surface area is 695 Å². The SMILES string of the molecule is CC(C)(C)OC(C)(C)C.CC(C)(C)Oc1ccccc1.CC(C)c1cccc(C(C)C)c1OC(C)(C)C.COC(C)(C)C.Cc1cc(C)c(OC(C)(C)C)c(C)c1.[2H]C(C)(C)c1cccc(C([2H])(C)C)c1OC(C)(C)C.[2H]C([2H])([2H])C(C)(OC(C)(C)C)C([2H])([2H])[2H].[2H]C([2H])([2H])c1cc(C)cc(C)c1OC(C)(C)C.[2H]c1c([2H])c(OC(C)(C)C)c([2H])c([2H])c1C. The normalized spacial score (nSPS) is 14.7. The number of ether oxygens (including phenoxy) is 9. The van der Waals surface area contributed by atoms with Crippen molar-refractivity contribution >= 4 is 0 Å². The molecule has 0 spiro atoms. The third-order valence-corrected chi connectivity index (χ3v) is 13.1. The van der Waals surface area contributed by atoms with Crippen molar-refractivity contribution in [3.63, 3.8) is 0 Å². The monoisotopic (exact) mass is 1530 g/mol. The standard InChI is InChI=1S/2C16H26O.2C13H20O.C11H16O.C10H14O.2C8H18O.C5H12O/c2*1-11(2)13-9-8-10-14(12(3)4)15(13)17-16(5,6)7;2*1-9-7-10(2)12(11(3)8-9)14-13(4,5)6;1-9-5-7-10(8-6-9)12-11(2,3)4;1-10(2,3)11-9-7-5-4-6-8-9;2*1-7(2,3)9-8(4,5)6;1-5(2,3)6-4/h2*8-12H,1-7H3;2*7-8H,1-6H3;5-8H,1-4H3;4-8H,1-3H3;2*1-6H3;1-4H3/i11D,12D;;2D3;;5D,6D,7D,8D;;1D3,2D3;;. The number of aryl methyl sites for hydroxylation is 6. The molecule has 6 aromatic rings. The smallest absolute Gasteiger partial charge is 0.126 e. The molecular weight excluding hydrogens is 1350 g/mol. The van der Waals surface area contributed by atoms with Crippen molar-refractivity contribution in [3.05, 3.63) is 176 Å². The first kappa shape index (κ1) is 81.0. The molecular formula is C100H170O9. The molecule has 6 rings (SSSR count). The Hall–Kier alpha value is -6.00. The molecule has 0 aromatic heterocycles. The van der Waals surface area contributed by atoms with Gasteiger partial charge in [-0.2, -0.15) is 0 Å². The van der Waals surface area contributed by atoms with Gasteiger partial charge in [0.15, 0.2) is 0 Å². The second-order valence-corrected chi connectivity index (χ2v) is 38.9. The number of hydrogen-bond donors (Lipinski definition) is 0. The molecule has 624 valence electrons. The second-order valence-electron chi connectivity index (χ2n) is 38.9. The van der Waals surface area contributed by atoms with Crippen molar-refractivity contribution in [3.8, 4) is 34.5 Å². The van der Waals surface area contributed by atoms with Crippen LogP contribution >= 0.6 is 0 Å². The number of rotatable bonds is 10. The van der Waals surface area contributed by atoms with Gasteiger partial charge in [0.1, 0.15) is 68.1 Å². The van der Waals surface area contributed by atoms with E-state index in [1.165, 1.54) is 27.8 Å². The van der Waals surface area contributed by atoms with Crippen molar-refractivity contribution in [1.29, 1.82) is 0 Å². The molecule has 0 atom stereocenters. The fourth-order valence-electron chi connectivity index (χ4n) is 9.77. The van der Waals surface area contributed by atoms with Gasteiger partial charge in [-0.15, -0.1) is 0 Å². The van der Waals surface area contributed by atoms with E-state index in [2.05, 4.69) is 162 Å². The molecule has 0 aliphatic rings. The summed E-state index contributed by atoms with van der Waals surface area (Å²) >= 11 is 0. The van der Waals surface area contributed by atoms with Crippen LogP contribution in [0.15, 0.2) is 115 Å². The van der Waals surface area contributed by atoms with Gasteiger partial charge in [-0.1, -0.05) is 163 Å². The summed E-state index contributed by atoms with van der Waals surface area (Å²) in [6.45, 7) is 80.6. The van der Waals surface area contributed by atoms with Crippen LogP contribution in [0, 0.1) is 48.4 Å². The average Bonchev–Trinajstić information content (AvgIpc) is 0.843. The van der Waals surface area contributed by atoms with E-state index in [0.717, 1.165) is 46.4 Å². The van der Waals surface area contributed by atoms with E-state index in [1.807, 2.05) is 179 Å². The lowest BCUT2D eigenvalue weighted by Crippen LogP contribution is -2.31. The fourth-order valence-corrected chi connectivity index (χ4v) is 9.77. The highest BCUT2D eigenvalue weighted by Gasteiger charge is 2.25. The zero-order valence-electron chi connectivity index (χ0n) is 93.0. The van der Waals surface area contributed by atoms with Crippen LogP contribution in [-0.4, -0.2) is 68.7 Å². The molecule has 0 aliphatic heterocycles. The van der Waals surface area contributed by atoms with E-state index in [0.29, 0.717) is 34.5 Å². The molecule has 0 fully saturated rings. The van der Waals surface area contributed by atoms with Crippen LogP contribution in [0.5, 0.6) is 34.5 Å². The quantitative estimate of drug-likeness (QED) is 0.133. The maximum absolute atomic E-state index is 8.28. The van der Waals surface area contributed by atoms with E-state index >= 15 is 0 Å². The summed E-state index contributed by atoms with van der Waals surface area (Å²) in [7, 11) is 1.71. The number of para-hydroxylation sites is 3. The van der Waals surface area contributed by atoms with Gasteiger partial charge in [-0.05, 0) is 369 Å². The molecule has 9 heteroatoms. The minimum atomic E-state index is -2.69. The van der Waals surface area contributed by atoms with Crippen molar-refractivity contribution < 1.29 is 63.2 Å². The summed E-state index contributed by atoms with van der Waals surface area (Å²) in [4.78, 5) is 0. The Morgan fingerprint density at radius 2 is 0.550 bits per heavy atom. The minimum absolute atomic E-state index is 0.0156. The van der Waals surface area contributed by atoms with Crippen LogP contribution in [0.1, 0.15) is 389 Å². The van der Waals surface area contributed by atoms with Gasteiger partial charge in [-0.3, -0.25) is 0 Å². The lowest BCUT2D eigenvalue weighted by Gasteiger charge is -2.30. The third-order valence-electron chi connectivity index (χ3n) is 13.1. The number of benzene rings is 6. The van der Waals surface area contributed by atoms with Crippen molar-refractivity contribution in [2.75, 3.05) is 7.11 Å². The van der Waals surface area contributed by atoms with Crippen LogP contribution in [0.2, 0.25) is 0 Å². The Balaban J connectivity index is -0.00000135. The lowest BCUT2D eigenvalue weighted by atomic mass is 9.93. The van der Waals surface area contributed by atoms with Crippen LogP contribution in [0.3, 0.4) is 0 Å². The van der Waals surface area contributed by atoms with E-state index in [1.54, 1.807) is 61.6 Å². The molecule has 0 unspecified atom stereocenters. The van der Waals surface area contributed by atoms with Gasteiger partial charge in [0.25, 0.3) is 0 Å². The minimum Gasteiger partial charge on any atom is -0.488 e. The van der Waals surface area contributed by atoms with Gasteiger partial charge in [0, 0.05) is 22.2 Å². The van der Waals surface area contributed by atoms with E-state index in [4.69, 9.17) is 63.2 Å². The molecule has 0 saturated carbocycles. The fraction of sp³-hybridized carbons (Fsp3) is 0.640. The highest BCUT2D eigenvalue weighted by molar-refractivity contribution is 5.47. The molecule has 9 nitrogen and oxygen atoms in total. The van der Waals surface area contributed by atoms with E-state index < -0.39 is 54.7 Å². The first-order valence-corrected chi connectivity index (χ1v) is 38.7. The zero-order chi connectivity index (χ0) is 99.2. The summed E-state index contributed by atoms with van der Waals surface area (Å²) in [5, 5.41) is 0. The molecule has 0 amide bonds. The predicted molar refractivity (Wildman–Crippen MR) is 478 cm³/mol. The molecule has 0 saturated heterocycles. The van der Waals surface area contributed by atoms with Gasteiger partial charge in [0.05, 0.1) is 33.5 Å². The highest BCUT2D eigenvalue weighted by Crippen LogP contribution is 2.39. The Bertz CT molecular complexity index is 4030. The average molecular weight is 1530 g/mol. The molecule has 6 aromatic carbocycles. The largest absolute Gasteiger partial charge is 0.488 e. The van der Waals surface area contributed by atoms with Gasteiger partial charge >= 0.3 is 0 Å². The highest BCUT2D eigenvalue weighted by atomic mass is 16.5. The van der Waals surface area contributed by atoms with Gasteiger partial charge < -0.3 is 42.6 Å². The first-order chi connectivity index (χ1) is 54.5. The van der Waals surface area contributed by atoms with Crippen LogP contribution in [0.4, 0.5) is 0 Å². The van der Waals surface area contributed by atoms with Crippen molar-refractivity contribution in [2.24, 2.45) is 0 Å². The zero-order valence-corrected chi connectivity index (χ0v) is 78.0. The van der Waals surface area contributed by atoms with Crippen molar-refractivity contribution in [2.45, 2.75) is 417 Å². The first-order valence-electron chi connectivity index (χ1n) is 46.2. The van der Waals surface area contributed by atoms with Crippen LogP contribution < -0.4 is 28.4 Å². The maximum Gasteiger partial charge on any atom is 0.126 e. The summed E-state index contributed by atoms with van der Waals surface area (Å²) in [5.74, 6) is 3.74. The Morgan fingerprint density at radius 1 is 0.284 bits per heavy atom. The van der Waals surface area contributed by atoms with Gasteiger partial charge in [0.2, 0.25) is 0 Å². The summed E-state index contributed by atoms with van der Waals surface area (Å²) in [6.07, 6.45) is 0. The van der Waals surface area contributed by atoms with E-state index in [9.17, 15) is 0 Å². The predicted octanol–water partition coefficient (Wildman–Crippen LogP) is 30.5.